The molecule has 0 bridgehead atoms. The lowest BCUT2D eigenvalue weighted by molar-refractivity contribution is -0.124. The molecule has 1 saturated carbocycles. The van der Waals surface area contributed by atoms with E-state index in [9.17, 15) is 4.79 Å². The van der Waals surface area contributed by atoms with Gasteiger partial charge in [-0.1, -0.05) is 31.4 Å². The number of aliphatic imine (C=N–C) groups is 1. The Labute approximate surface area is 116 Å². The molecule has 1 aliphatic rings. The molecule has 0 radical (unpaired) electrons. The number of carbonyl (C=O) groups excluding carboxylic acids is 1. The summed E-state index contributed by atoms with van der Waals surface area (Å²) in [6, 6.07) is 0. The molecule has 0 aliphatic heterocycles. The minimum Gasteiger partial charge on any atom is -0.314 e. The van der Waals surface area contributed by atoms with Crippen molar-refractivity contribution in [3.05, 3.63) is 23.4 Å². The van der Waals surface area contributed by atoms with Crippen LogP contribution in [-0.4, -0.2) is 11.7 Å². The van der Waals surface area contributed by atoms with Gasteiger partial charge in [0, 0.05) is 11.6 Å². The number of amidine groups is 1. The van der Waals surface area contributed by atoms with Gasteiger partial charge in [0.05, 0.1) is 0 Å². The molecule has 1 amide bonds. The highest BCUT2D eigenvalue weighted by molar-refractivity contribution is 5.98. The van der Waals surface area contributed by atoms with Crippen LogP contribution >= 0.6 is 0 Å². The van der Waals surface area contributed by atoms with Gasteiger partial charge in [-0.2, -0.15) is 0 Å². The highest BCUT2D eigenvalue weighted by atomic mass is 16.1. The van der Waals surface area contributed by atoms with E-state index in [1.165, 1.54) is 19.3 Å². The van der Waals surface area contributed by atoms with Gasteiger partial charge >= 0.3 is 0 Å². The van der Waals surface area contributed by atoms with Gasteiger partial charge in [-0.25, -0.2) is 4.99 Å². The zero-order valence-corrected chi connectivity index (χ0v) is 12.7. The zero-order chi connectivity index (χ0) is 14.4. The SMILES string of the molecule is C=C(C)/C(C)=C(\C)N=C(C)NC(=O)C1CCCCC1. The number of nitrogens with zero attached hydrogens (tertiary/aromatic N) is 1. The first-order chi connectivity index (χ1) is 8.91. The van der Waals surface area contributed by atoms with E-state index in [2.05, 4.69) is 16.9 Å². The number of hydrogen-bond donors (Lipinski definition) is 1. The highest BCUT2D eigenvalue weighted by Gasteiger charge is 2.21. The molecular formula is C16H26N2O. The fourth-order valence-electron chi connectivity index (χ4n) is 2.32. The monoisotopic (exact) mass is 262 g/mol. The molecule has 19 heavy (non-hydrogen) atoms. The Morgan fingerprint density at radius 2 is 1.68 bits per heavy atom. The van der Waals surface area contributed by atoms with Crippen molar-refractivity contribution in [3.8, 4) is 0 Å². The van der Waals surface area contributed by atoms with Crippen LogP contribution in [0.1, 0.15) is 59.8 Å². The normalized spacial score (nSPS) is 18.8. The number of hydrogen-bond acceptors (Lipinski definition) is 2. The van der Waals surface area contributed by atoms with Crippen LogP contribution in [0, 0.1) is 5.92 Å². The maximum Gasteiger partial charge on any atom is 0.228 e. The molecule has 3 heteroatoms. The first-order valence-corrected chi connectivity index (χ1v) is 7.11. The fraction of sp³-hybridized carbons (Fsp3) is 0.625. The van der Waals surface area contributed by atoms with Gasteiger partial charge in [0.15, 0.2) is 0 Å². The summed E-state index contributed by atoms with van der Waals surface area (Å²) >= 11 is 0. The maximum atomic E-state index is 12.1. The van der Waals surface area contributed by atoms with Crippen molar-refractivity contribution in [1.82, 2.24) is 5.32 Å². The van der Waals surface area contributed by atoms with Crippen molar-refractivity contribution in [2.75, 3.05) is 0 Å². The molecule has 1 rings (SSSR count). The predicted molar refractivity (Wildman–Crippen MR) is 81.0 cm³/mol. The minimum atomic E-state index is 0.127. The van der Waals surface area contributed by atoms with E-state index in [-0.39, 0.29) is 11.8 Å². The molecule has 0 spiro atoms. The second kappa shape index (κ2) is 7.27. The van der Waals surface area contributed by atoms with Gasteiger partial charge in [0.25, 0.3) is 0 Å². The summed E-state index contributed by atoms with van der Waals surface area (Å²) in [4.78, 5) is 16.5. The van der Waals surface area contributed by atoms with Gasteiger partial charge in [-0.05, 0) is 46.1 Å². The molecule has 1 aliphatic carbocycles. The third-order valence-electron chi connectivity index (χ3n) is 3.80. The summed E-state index contributed by atoms with van der Waals surface area (Å²) in [7, 11) is 0. The lowest BCUT2D eigenvalue weighted by atomic mass is 9.89. The first kappa shape index (κ1) is 15.7. The van der Waals surface area contributed by atoms with E-state index in [1.54, 1.807) is 0 Å². The Hall–Kier alpha value is -1.38. The largest absolute Gasteiger partial charge is 0.314 e. The summed E-state index contributed by atoms with van der Waals surface area (Å²) in [5.41, 5.74) is 2.99. The average Bonchev–Trinajstić information content (AvgIpc) is 2.38. The van der Waals surface area contributed by atoms with Crippen LogP contribution in [-0.2, 0) is 4.79 Å². The Morgan fingerprint density at radius 1 is 1.11 bits per heavy atom. The van der Waals surface area contributed by atoms with Gasteiger partial charge in [0.1, 0.15) is 5.84 Å². The summed E-state index contributed by atoms with van der Waals surface area (Å²) < 4.78 is 0. The van der Waals surface area contributed by atoms with Crippen LogP contribution in [0.25, 0.3) is 0 Å². The summed E-state index contributed by atoms with van der Waals surface area (Å²) in [6.45, 7) is 11.7. The summed E-state index contributed by atoms with van der Waals surface area (Å²) in [6.07, 6.45) is 5.62. The van der Waals surface area contributed by atoms with Crippen LogP contribution in [0.2, 0.25) is 0 Å². The first-order valence-electron chi connectivity index (χ1n) is 7.11. The standard InChI is InChI=1S/C16H26N2O/c1-11(2)12(3)13(4)17-14(5)18-16(19)15-9-7-6-8-10-15/h15H,1,6-10H2,2-5H3,(H,17,18,19)/b13-12+. The van der Waals surface area contributed by atoms with Crippen molar-refractivity contribution in [2.24, 2.45) is 10.9 Å². The molecule has 0 aromatic rings. The topological polar surface area (TPSA) is 41.5 Å². The smallest absolute Gasteiger partial charge is 0.228 e. The molecule has 0 saturated heterocycles. The van der Waals surface area contributed by atoms with E-state index in [0.29, 0.717) is 5.84 Å². The highest BCUT2D eigenvalue weighted by Crippen LogP contribution is 2.23. The van der Waals surface area contributed by atoms with Crippen LogP contribution in [0.4, 0.5) is 0 Å². The van der Waals surface area contributed by atoms with Crippen molar-refractivity contribution in [2.45, 2.75) is 59.8 Å². The van der Waals surface area contributed by atoms with Crippen LogP contribution < -0.4 is 5.32 Å². The predicted octanol–water partition coefficient (Wildman–Crippen LogP) is 3.97. The van der Waals surface area contributed by atoms with E-state index in [1.807, 2.05) is 27.7 Å². The summed E-state index contributed by atoms with van der Waals surface area (Å²) in [5.74, 6) is 0.973. The fourth-order valence-corrected chi connectivity index (χ4v) is 2.32. The third kappa shape index (κ3) is 5.01. The lowest BCUT2D eigenvalue weighted by Crippen LogP contribution is -2.35. The zero-order valence-electron chi connectivity index (χ0n) is 12.7. The second-order valence-electron chi connectivity index (χ2n) is 5.51. The molecule has 0 aromatic carbocycles. The Balaban J connectivity index is 2.63. The van der Waals surface area contributed by atoms with Crippen LogP contribution in [0.15, 0.2) is 28.4 Å². The average molecular weight is 262 g/mol. The summed E-state index contributed by atoms with van der Waals surface area (Å²) in [5, 5.41) is 2.92. The number of carbonyl (C=O) groups is 1. The van der Waals surface area contributed by atoms with E-state index in [4.69, 9.17) is 0 Å². The maximum absolute atomic E-state index is 12.1. The number of allylic oxidation sites excluding steroid dienone is 3. The molecule has 0 unspecified atom stereocenters. The van der Waals surface area contributed by atoms with Crippen molar-refractivity contribution < 1.29 is 4.79 Å². The van der Waals surface area contributed by atoms with Crippen LogP contribution in [0.5, 0.6) is 0 Å². The third-order valence-corrected chi connectivity index (χ3v) is 3.80. The number of amides is 1. The second-order valence-corrected chi connectivity index (χ2v) is 5.51. The van der Waals surface area contributed by atoms with Gasteiger partial charge in [-0.3, -0.25) is 4.79 Å². The Kier molecular flexibility index (Phi) is 6.00. The van der Waals surface area contributed by atoms with E-state index in [0.717, 1.165) is 29.7 Å². The lowest BCUT2D eigenvalue weighted by Gasteiger charge is -2.20. The number of rotatable bonds is 3. The number of nitrogens with one attached hydrogen (secondary N) is 1. The molecule has 0 atom stereocenters. The van der Waals surface area contributed by atoms with Crippen molar-refractivity contribution >= 4 is 11.7 Å². The minimum absolute atomic E-state index is 0.127. The molecule has 1 fully saturated rings. The van der Waals surface area contributed by atoms with Gasteiger partial charge in [0.2, 0.25) is 5.91 Å². The molecule has 0 aromatic heterocycles. The molecule has 1 N–H and O–H groups in total. The molecule has 3 nitrogen and oxygen atoms in total. The molecule has 0 heterocycles. The van der Waals surface area contributed by atoms with Gasteiger partial charge < -0.3 is 5.32 Å². The van der Waals surface area contributed by atoms with E-state index < -0.39 is 0 Å². The van der Waals surface area contributed by atoms with Crippen molar-refractivity contribution in [1.29, 1.82) is 0 Å². The van der Waals surface area contributed by atoms with E-state index >= 15 is 0 Å². The molecule has 106 valence electrons. The van der Waals surface area contributed by atoms with Gasteiger partial charge in [-0.15, -0.1) is 0 Å². The Bertz CT molecular complexity index is 412. The van der Waals surface area contributed by atoms with Crippen LogP contribution in [0.3, 0.4) is 0 Å². The van der Waals surface area contributed by atoms with Crippen molar-refractivity contribution in [3.63, 3.8) is 0 Å². The Morgan fingerprint density at radius 3 is 2.21 bits per heavy atom. The molecular weight excluding hydrogens is 236 g/mol. The quantitative estimate of drug-likeness (QED) is 0.466.